The predicted molar refractivity (Wildman–Crippen MR) is 89.1 cm³/mol. The van der Waals surface area contributed by atoms with E-state index < -0.39 is 0 Å². The van der Waals surface area contributed by atoms with Gasteiger partial charge in [0.05, 0.1) is 6.04 Å². The molecule has 122 valence electrons. The van der Waals surface area contributed by atoms with E-state index in [0.717, 1.165) is 29.8 Å². The molecule has 0 radical (unpaired) electrons. The van der Waals surface area contributed by atoms with Crippen LogP contribution in [0.2, 0.25) is 0 Å². The van der Waals surface area contributed by atoms with E-state index in [2.05, 4.69) is 32.8 Å². The number of thiazole rings is 1. The van der Waals surface area contributed by atoms with Gasteiger partial charge in [0.1, 0.15) is 5.01 Å². The number of nitrogens with zero attached hydrogens (tertiary/aromatic N) is 2. The van der Waals surface area contributed by atoms with E-state index in [-0.39, 0.29) is 12.1 Å². The fraction of sp³-hybridized carbons (Fsp3) is 0.750. The van der Waals surface area contributed by atoms with Crippen LogP contribution < -0.4 is 10.6 Å². The summed E-state index contributed by atoms with van der Waals surface area (Å²) in [6.45, 7) is 6.91. The van der Waals surface area contributed by atoms with Crippen molar-refractivity contribution in [3.63, 3.8) is 0 Å². The van der Waals surface area contributed by atoms with Crippen molar-refractivity contribution in [2.45, 2.75) is 51.6 Å². The van der Waals surface area contributed by atoms with Crippen molar-refractivity contribution in [3.05, 3.63) is 16.1 Å². The van der Waals surface area contributed by atoms with Gasteiger partial charge in [-0.1, -0.05) is 6.92 Å². The minimum absolute atomic E-state index is 0.0587. The summed E-state index contributed by atoms with van der Waals surface area (Å²) in [7, 11) is 0. The second kappa shape index (κ2) is 6.96. The van der Waals surface area contributed by atoms with Crippen molar-refractivity contribution in [2.24, 2.45) is 5.92 Å². The van der Waals surface area contributed by atoms with E-state index in [1.807, 2.05) is 6.92 Å². The normalized spacial score (nSPS) is 19.2. The Bertz CT molecular complexity index is 510. The molecule has 1 atom stereocenters. The van der Waals surface area contributed by atoms with E-state index in [9.17, 15) is 4.79 Å². The Morgan fingerprint density at radius 3 is 2.77 bits per heavy atom. The number of rotatable bonds is 8. The molecule has 5 nitrogen and oxygen atoms in total. The highest BCUT2D eigenvalue weighted by atomic mass is 32.1. The molecule has 22 heavy (non-hydrogen) atoms. The van der Waals surface area contributed by atoms with E-state index in [1.54, 1.807) is 11.3 Å². The summed E-state index contributed by atoms with van der Waals surface area (Å²) in [5.74, 6) is 0.565. The van der Waals surface area contributed by atoms with Crippen molar-refractivity contribution >= 4 is 17.4 Å². The van der Waals surface area contributed by atoms with Gasteiger partial charge in [0, 0.05) is 30.2 Å². The Morgan fingerprint density at radius 1 is 1.45 bits per heavy atom. The molecular weight excluding hydrogens is 296 g/mol. The standard InChI is InChI=1S/C16H26N4OS/c1-3-20(13-6-7-13)9-8-17-16(21)19-14(12-4-5-12)15-18-11(2)10-22-15/h10,12-14H,3-9H2,1-2H3,(H2,17,19,21)/t14-/m1/s1. The molecule has 6 heteroatoms. The highest BCUT2D eigenvalue weighted by Gasteiger charge is 2.35. The Hall–Kier alpha value is -1.14. The van der Waals surface area contributed by atoms with Crippen LogP contribution in [0.4, 0.5) is 4.79 Å². The SMILES string of the molecule is CCN(CCNC(=O)N[C@@H](c1nc(C)cs1)C1CC1)C1CC1. The number of carbonyl (C=O) groups is 1. The van der Waals surface area contributed by atoms with Gasteiger partial charge >= 0.3 is 6.03 Å². The lowest BCUT2D eigenvalue weighted by molar-refractivity contribution is 0.230. The van der Waals surface area contributed by atoms with Crippen molar-refractivity contribution < 1.29 is 4.79 Å². The van der Waals surface area contributed by atoms with E-state index in [0.29, 0.717) is 12.5 Å². The van der Waals surface area contributed by atoms with Crippen LogP contribution in [0.5, 0.6) is 0 Å². The van der Waals surface area contributed by atoms with Crippen molar-refractivity contribution in [1.82, 2.24) is 20.5 Å². The zero-order valence-corrected chi connectivity index (χ0v) is 14.3. The van der Waals surface area contributed by atoms with Crippen molar-refractivity contribution in [2.75, 3.05) is 19.6 Å². The number of carbonyl (C=O) groups excluding carboxylic acids is 1. The van der Waals surface area contributed by atoms with Crippen molar-refractivity contribution in [3.8, 4) is 0 Å². The molecule has 2 aliphatic carbocycles. The highest BCUT2D eigenvalue weighted by Crippen LogP contribution is 2.41. The molecule has 1 heterocycles. The first-order valence-electron chi connectivity index (χ1n) is 8.37. The van der Waals surface area contributed by atoms with Crippen LogP contribution in [-0.2, 0) is 0 Å². The fourth-order valence-electron chi connectivity index (χ4n) is 2.87. The fourth-order valence-corrected chi connectivity index (χ4v) is 3.81. The van der Waals surface area contributed by atoms with Crippen LogP contribution in [0.25, 0.3) is 0 Å². The predicted octanol–water partition coefficient (Wildman–Crippen LogP) is 2.69. The van der Waals surface area contributed by atoms with Crippen LogP contribution in [0.3, 0.4) is 0 Å². The van der Waals surface area contributed by atoms with Gasteiger partial charge in [0.2, 0.25) is 0 Å². The number of nitrogens with one attached hydrogen (secondary N) is 2. The van der Waals surface area contributed by atoms with Gasteiger partial charge in [0.15, 0.2) is 0 Å². The summed E-state index contributed by atoms with van der Waals surface area (Å²) in [4.78, 5) is 19.2. The van der Waals surface area contributed by atoms with Gasteiger partial charge in [-0.05, 0) is 45.1 Å². The minimum Gasteiger partial charge on any atom is -0.337 e. The molecular formula is C16H26N4OS. The molecule has 0 aliphatic heterocycles. The molecule has 2 aliphatic rings. The Morgan fingerprint density at radius 2 is 2.23 bits per heavy atom. The van der Waals surface area contributed by atoms with Crippen LogP contribution in [0.1, 0.15) is 49.4 Å². The number of urea groups is 1. The maximum Gasteiger partial charge on any atom is 0.315 e. The summed E-state index contributed by atoms with van der Waals surface area (Å²) in [6, 6.07) is 0.786. The maximum atomic E-state index is 12.2. The van der Waals surface area contributed by atoms with Gasteiger partial charge in [-0.25, -0.2) is 9.78 Å². The van der Waals surface area contributed by atoms with Crippen LogP contribution >= 0.6 is 11.3 Å². The first-order valence-corrected chi connectivity index (χ1v) is 9.25. The monoisotopic (exact) mass is 322 g/mol. The number of aromatic nitrogens is 1. The lowest BCUT2D eigenvalue weighted by Gasteiger charge is -2.21. The summed E-state index contributed by atoms with van der Waals surface area (Å²) in [6.07, 6.45) is 5.00. The van der Waals surface area contributed by atoms with E-state index >= 15 is 0 Å². The number of aryl methyl sites for hydroxylation is 1. The van der Waals surface area contributed by atoms with Gasteiger partial charge in [-0.2, -0.15) is 0 Å². The molecule has 0 saturated heterocycles. The summed E-state index contributed by atoms with van der Waals surface area (Å²) < 4.78 is 0. The van der Waals surface area contributed by atoms with Crippen LogP contribution in [0.15, 0.2) is 5.38 Å². The molecule has 2 amide bonds. The second-order valence-electron chi connectivity index (χ2n) is 6.40. The van der Waals surface area contributed by atoms with Crippen LogP contribution in [0, 0.1) is 12.8 Å². The minimum atomic E-state index is -0.0587. The molecule has 0 unspecified atom stereocenters. The van der Waals surface area contributed by atoms with Gasteiger partial charge in [-0.3, -0.25) is 4.90 Å². The average Bonchev–Trinajstić information content (AvgIpc) is 3.40. The third-order valence-electron chi connectivity index (χ3n) is 4.44. The number of amides is 2. The van der Waals surface area contributed by atoms with Gasteiger partial charge in [0.25, 0.3) is 0 Å². The summed E-state index contributed by atoms with van der Waals surface area (Å²) in [5, 5.41) is 9.23. The first kappa shape index (κ1) is 15.7. The zero-order chi connectivity index (χ0) is 15.5. The van der Waals surface area contributed by atoms with Crippen LogP contribution in [-0.4, -0.2) is 41.6 Å². The molecule has 0 aromatic carbocycles. The molecule has 3 rings (SSSR count). The molecule has 2 saturated carbocycles. The lowest BCUT2D eigenvalue weighted by atomic mass is 10.2. The smallest absolute Gasteiger partial charge is 0.315 e. The highest BCUT2D eigenvalue weighted by molar-refractivity contribution is 7.09. The van der Waals surface area contributed by atoms with E-state index in [4.69, 9.17) is 0 Å². The molecule has 0 spiro atoms. The molecule has 1 aromatic heterocycles. The largest absolute Gasteiger partial charge is 0.337 e. The van der Waals surface area contributed by atoms with Gasteiger partial charge < -0.3 is 10.6 Å². The van der Waals surface area contributed by atoms with Crippen molar-refractivity contribution in [1.29, 1.82) is 0 Å². The quantitative estimate of drug-likeness (QED) is 0.774. The first-order chi connectivity index (χ1) is 10.7. The number of hydrogen-bond donors (Lipinski definition) is 2. The number of hydrogen-bond acceptors (Lipinski definition) is 4. The maximum absolute atomic E-state index is 12.2. The third-order valence-corrected chi connectivity index (χ3v) is 5.48. The summed E-state index contributed by atoms with van der Waals surface area (Å²) >= 11 is 1.65. The zero-order valence-electron chi connectivity index (χ0n) is 13.5. The molecule has 2 N–H and O–H groups in total. The number of likely N-dealkylation sites (N-methyl/N-ethyl adjacent to an activating group) is 1. The topological polar surface area (TPSA) is 57.3 Å². The molecule has 0 bridgehead atoms. The second-order valence-corrected chi connectivity index (χ2v) is 7.29. The van der Waals surface area contributed by atoms with Gasteiger partial charge in [-0.15, -0.1) is 11.3 Å². The summed E-state index contributed by atoms with van der Waals surface area (Å²) in [5.41, 5.74) is 1.04. The Kier molecular flexibility index (Phi) is 4.98. The Labute approximate surface area is 136 Å². The Balaban J connectivity index is 1.45. The average molecular weight is 322 g/mol. The molecule has 2 fully saturated rings. The van der Waals surface area contributed by atoms with E-state index in [1.165, 1.54) is 25.7 Å². The lowest BCUT2D eigenvalue weighted by Crippen LogP contribution is -2.42. The third kappa shape index (κ3) is 4.20. The molecule has 1 aromatic rings.